The summed E-state index contributed by atoms with van der Waals surface area (Å²) in [6.07, 6.45) is 2.01. The smallest absolute Gasteiger partial charge is 0.106 e. The van der Waals surface area contributed by atoms with E-state index in [-0.39, 0.29) is 0 Å². The van der Waals surface area contributed by atoms with E-state index in [0.29, 0.717) is 0 Å². The first kappa shape index (κ1) is 2.39. The largest absolute Gasteiger partial charge is 0.235 e. The Bertz CT molecular complexity index is 187. The zero-order chi connectivity index (χ0) is 4.15. The Kier molecular flexibility index (Phi) is 0.166. The highest BCUT2D eigenvalue weighted by atomic mass is 15.4. The maximum atomic E-state index is 3.95. The van der Waals surface area contributed by atoms with Crippen LogP contribution in [0.2, 0.25) is 0 Å². The fourth-order valence-electron chi connectivity index (χ4n) is 0.597. The van der Waals surface area contributed by atoms with Gasteiger partial charge in [0.1, 0.15) is 5.69 Å². The summed E-state index contributed by atoms with van der Waals surface area (Å²) in [7, 11) is 0. The predicted molar refractivity (Wildman–Crippen MR) is 21.9 cm³/mol. The second-order valence-electron chi connectivity index (χ2n) is 1.54. The molecule has 0 unspecified atom stereocenters. The summed E-state index contributed by atoms with van der Waals surface area (Å²) in [5, 5.41) is 3.95. The molecule has 0 atom stereocenters. The van der Waals surface area contributed by atoms with E-state index in [1.54, 1.807) is 0 Å². The number of hydrogen-bond donors (Lipinski definition) is 0. The number of nitrogens with zero attached hydrogens (tertiary/aromatic N) is 2. The molecule has 2 heteroatoms. The third-order valence-electron chi connectivity index (χ3n) is 1.05. The lowest BCUT2D eigenvalue weighted by Crippen LogP contribution is -1.93. The van der Waals surface area contributed by atoms with E-state index >= 15 is 0 Å². The summed E-state index contributed by atoms with van der Waals surface area (Å²) >= 11 is 0. The average molecular weight is 80.1 g/mol. The minimum Gasteiger partial charge on any atom is -0.235 e. The van der Waals surface area contributed by atoms with Gasteiger partial charge in [-0.1, -0.05) is 0 Å². The van der Waals surface area contributed by atoms with Crippen LogP contribution in [0, 0.1) is 6.92 Å². The van der Waals surface area contributed by atoms with Crippen LogP contribution in [0.25, 0.3) is 5.69 Å². The molecule has 0 fully saturated rings. The Morgan fingerprint density at radius 3 is 2.67 bits per heavy atom. The molecule has 2 heterocycles. The number of aryl methyl sites for hydroxylation is 1. The van der Waals surface area contributed by atoms with Gasteiger partial charge in [0.25, 0.3) is 0 Å². The van der Waals surface area contributed by atoms with E-state index in [4.69, 9.17) is 0 Å². The number of rotatable bonds is 0. The third-order valence-corrected chi connectivity index (χ3v) is 1.05. The van der Waals surface area contributed by atoms with E-state index < -0.39 is 0 Å². The molecular weight excluding hydrogens is 76.1 g/mol. The van der Waals surface area contributed by atoms with Crippen molar-refractivity contribution in [2.45, 2.75) is 6.92 Å². The first-order valence-electron chi connectivity index (χ1n) is 1.94. The van der Waals surface area contributed by atoms with Gasteiger partial charge in [0, 0.05) is 0 Å². The molecule has 6 heavy (non-hydrogen) atoms. The Morgan fingerprint density at radius 1 is 1.83 bits per heavy atom. The zero-order valence-corrected chi connectivity index (χ0v) is 3.47. The van der Waals surface area contributed by atoms with Gasteiger partial charge in [0.15, 0.2) is 0 Å². The van der Waals surface area contributed by atoms with E-state index in [1.165, 1.54) is 11.4 Å². The van der Waals surface area contributed by atoms with Crippen LogP contribution in [0.3, 0.4) is 0 Å². The molecule has 0 aromatic carbocycles. The highest BCUT2D eigenvalue weighted by Gasteiger charge is 2.18. The second-order valence-corrected chi connectivity index (χ2v) is 1.54. The van der Waals surface area contributed by atoms with Gasteiger partial charge in [-0.15, -0.1) is 0 Å². The Hall–Kier alpha value is -0.790. The van der Waals surface area contributed by atoms with E-state index in [1.807, 2.05) is 17.8 Å². The van der Waals surface area contributed by atoms with Gasteiger partial charge >= 0.3 is 0 Å². The Labute approximate surface area is 35.4 Å². The zero-order valence-electron chi connectivity index (χ0n) is 3.47. The van der Waals surface area contributed by atoms with Crippen LogP contribution >= 0.6 is 0 Å². The van der Waals surface area contributed by atoms with Crippen molar-refractivity contribution in [3.63, 3.8) is 0 Å². The fourth-order valence-corrected chi connectivity index (χ4v) is 0.597. The number of fused-ring (bicyclic) bond motifs is 1. The van der Waals surface area contributed by atoms with Crippen molar-refractivity contribution in [2.75, 3.05) is 0 Å². The standard InChI is InChI=1S/C4H4N2/c1-3-4-2-6(4)5-3/h2H,1H3. The van der Waals surface area contributed by atoms with Crippen molar-refractivity contribution in [1.82, 2.24) is 9.78 Å². The van der Waals surface area contributed by atoms with Gasteiger partial charge in [-0.3, -0.25) is 0 Å². The molecule has 0 N–H and O–H groups in total. The molecule has 0 bridgehead atoms. The molecule has 30 valence electrons. The van der Waals surface area contributed by atoms with E-state index in [9.17, 15) is 0 Å². The first-order valence-corrected chi connectivity index (χ1v) is 1.94. The van der Waals surface area contributed by atoms with Gasteiger partial charge < -0.3 is 0 Å². The van der Waals surface area contributed by atoms with Gasteiger partial charge in [0.2, 0.25) is 0 Å². The quantitative estimate of drug-likeness (QED) is 0.450. The van der Waals surface area contributed by atoms with Gasteiger partial charge in [-0.25, -0.2) is 4.68 Å². The van der Waals surface area contributed by atoms with Gasteiger partial charge in [-0.2, -0.15) is 5.10 Å². The molecule has 2 rings (SSSR count). The minimum absolute atomic E-state index is 1.18. The molecule has 0 radical (unpaired) electrons. The van der Waals surface area contributed by atoms with Crippen LogP contribution in [-0.2, 0) is 0 Å². The Morgan fingerprint density at radius 2 is 2.67 bits per heavy atom. The van der Waals surface area contributed by atoms with Crippen LogP contribution in [0.5, 0.6) is 0 Å². The molecule has 0 aromatic heterocycles. The van der Waals surface area contributed by atoms with Crippen LogP contribution < -0.4 is 0 Å². The predicted octanol–water partition coefficient (Wildman–Crippen LogP) is 0.494. The minimum atomic E-state index is 1.18. The van der Waals surface area contributed by atoms with Crippen molar-refractivity contribution in [2.24, 2.45) is 0 Å². The maximum Gasteiger partial charge on any atom is 0.106 e. The van der Waals surface area contributed by atoms with Crippen molar-refractivity contribution in [3.05, 3.63) is 11.9 Å². The normalized spacial score (nSPS) is 12.2. The van der Waals surface area contributed by atoms with Crippen molar-refractivity contribution < 1.29 is 0 Å². The summed E-state index contributed by atoms with van der Waals surface area (Å²) in [6.45, 7) is 2.01. The summed E-state index contributed by atoms with van der Waals surface area (Å²) in [5.41, 5.74) is 2.49. The molecule has 0 aromatic rings. The lowest BCUT2D eigenvalue weighted by atomic mass is 10.5. The average Bonchev–Trinajstić information content (AvgIpc) is 2.12. The maximum absolute atomic E-state index is 3.95. The monoisotopic (exact) mass is 80.0 g/mol. The highest BCUT2D eigenvalue weighted by molar-refractivity contribution is 5.46. The van der Waals surface area contributed by atoms with Crippen LogP contribution in [0.4, 0.5) is 0 Å². The van der Waals surface area contributed by atoms with E-state index in [2.05, 4.69) is 5.10 Å². The van der Waals surface area contributed by atoms with Crippen molar-refractivity contribution in [3.8, 4) is 5.69 Å². The molecule has 0 aliphatic carbocycles. The molecule has 0 spiro atoms. The van der Waals surface area contributed by atoms with Crippen LogP contribution in [-0.4, -0.2) is 9.78 Å². The summed E-state index contributed by atoms with van der Waals surface area (Å²) in [5.74, 6) is 0. The third kappa shape index (κ3) is 0.0898. The molecule has 0 saturated carbocycles. The topological polar surface area (TPSA) is 17.8 Å². The molecule has 0 saturated heterocycles. The molecular formula is C4H4N2. The highest BCUT2D eigenvalue weighted by Crippen LogP contribution is 2.23. The molecule has 2 aliphatic heterocycles. The fraction of sp³-hybridized carbons (Fsp3) is 0.250. The van der Waals surface area contributed by atoms with E-state index in [0.717, 1.165) is 0 Å². The SMILES string of the molecule is Cc1nn2cc1-2. The summed E-state index contributed by atoms with van der Waals surface area (Å²) in [6, 6.07) is 0. The number of aromatic nitrogens is 2. The molecule has 0 amide bonds. The Balaban J connectivity index is 2.83. The lowest BCUT2D eigenvalue weighted by Gasteiger charge is -1.92. The number of hydrogen-bond acceptors (Lipinski definition) is 1. The summed E-state index contributed by atoms with van der Waals surface area (Å²) < 4.78 is 1.87. The van der Waals surface area contributed by atoms with Crippen molar-refractivity contribution >= 4 is 0 Å². The lowest BCUT2D eigenvalue weighted by molar-refractivity contribution is 0.857. The van der Waals surface area contributed by atoms with Crippen LogP contribution in [0.1, 0.15) is 5.69 Å². The molecule has 2 aliphatic rings. The molecule has 2 nitrogen and oxygen atoms in total. The van der Waals surface area contributed by atoms with Crippen LogP contribution in [0.15, 0.2) is 6.20 Å². The van der Waals surface area contributed by atoms with Crippen molar-refractivity contribution in [1.29, 1.82) is 0 Å². The van der Waals surface area contributed by atoms with Gasteiger partial charge in [0.05, 0.1) is 11.9 Å². The second kappa shape index (κ2) is 0.416. The van der Waals surface area contributed by atoms with Gasteiger partial charge in [-0.05, 0) is 6.92 Å². The first-order chi connectivity index (χ1) is 2.88. The summed E-state index contributed by atoms with van der Waals surface area (Å²) in [4.78, 5) is 0.